The zero-order valence-corrected chi connectivity index (χ0v) is 14.6. The molecule has 3 fully saturated rings. The van der Waals surface area contributed by atoms with E-state index < -0.39 is 11.7 Å². The summed E-state index contributed by atoms with van der Waals surface area (Å²) in [7, 11) is 0. The van der Waals surface area contributed by atoms with Crippen molar-refractivity contribution in [1.82, 2.24) is 0 Å². The zero-order chi connectivity index (χ0) is 16.6. The highest BCUT2D eigenvalue weighted by atomic mass is 16.3. The molecule has 23 heavy (non-hydrogen) atoms. The molecule has 0 aromatic heterocycles. The number of ketones is 1. The Labute approximate surface area is 139 Å². The highest BCUT2D eigenvalue weighted by Gasteiger charge is 2.65. The minimum absolute atomic E-state index is 0.123. The first-order valence-electron chi connectivity index (χ1n) is 9.32. The van der Waals surface area contributed by atoms with Crippen molar-refractivity contribution in [2.45, 2.75) is 71.0 Å². The van der Waals surface area contributed by atoms with Gasteiger partial charge in [0.15, 0.2) is 5.78 Å². The lowest BCUT2D eigenvalue weighted by Crippen LogP contribution is -2.56. The van der Waals surface area contributed by atoms with E-state index in [0.29, 0.717) is 30.1 Å². The maximum atomic E-state index is 11.8. The molecule has 0 spiro atoms. The van der Waals surface area contributed by atoms with Gasteiger partial charge in [0.05, 0.1) is 11.7 Å². The fourth-order valence-electron chi connectivity index (χ4n) is 6.87. The third-order valence-electron chi connectivity index (χ3n) is 8.71. The first-order valence-corrected chi connectivity index (χ1v) is 9.32. The number of rotatable bonds is 0. The molecule has 0 bridgehead atoms. The van der Waals surface area contributed by atoms with E-state index in [0.717, 1.165) is 32.1 Å². The van der Waals surface area contributed by atoms with Crippen LogP contribution >= 0.6 is 0 Å². The van der Waals surface area contributed by atoms with E-state index in [1.165, 1.54) is 0 Å². The summed E-state index contributed by atoms with van der Waals surface area (Å²) in [6.45, 7) is 6.38. The lowest BCUT2D eigenvalue weighted by atomic mass is 9.45. The number of hydrogen-bond acceptors (Lipinski definition) is 3. The SMILES string of the molecule is C[C@]12C=CC(=O)C[C@H]1CC[C@@H]1[C@@H]2CC[C@@]2(C)[C@H]1C[C@@H](O)[C@]2(C)O. The molecular weight excluding hydrogens is 288 g/mol. The third kappa shape index (κ3) is 1.87. The largest absolute Gasteiger partial charge is 0.390 e. The van der Waals surface area contributed by atoms with Crippen LogP contribution in [0.4, 0.5) is 0 Å². The van der Waals surface area contributed by atoms with Crippen LogP contribution in [-0.4, -0.2) is 27.7 Å². The normalized spacial score (nSPS) is 58.5. The van der Waals surface area contributed by atoms with Crippen molar-refractivity contribution in [2.24, 2.45) is 34.5 Å². The molecule has 4 rings (SSSR count). The smallest absolute Gasteiger partial charge is 0.155 e. The Morgan fingerprint density at radius 1 is 1.13 bits per heavy atom. The molecule has 0 saturated heterocycles. The third-order valence-corrected chi connectivity index (χ3v) is 8.71. The second-order valence-electron chi connectivity index (χ2n) is 9.38. The molecule has 0 radical (unpaired) electrons. The number of allylic oxidation sites excluding steroid dienone is 2. The summed E-state index contributed by atoms with van der Waals surface area (Å²) in [6.07, 6.45) is 9.18. The van der Waals surface area contributed by atoms with Gasteiger partial charge in [0.1, 0.15) is 0 Å². The lowest BCUT2D eigenvalue weighted by Gasteiger charge is -2.59. The van der Waals surface area contributed by atoms with Crippen molar-refractivity contribution in [3.05, 3.63) is 12.2 Å². The van der Waals surface area contributed by atoms with Crippen molar-refractivity contribution < 1.29 is 15.0 Å². The number of aliphatic hydroxyl groups is 2. The molecule has 0 aliphatic heterocycles. The van der Waals surface area contributed by atoms with Crippen LogP contribution in [0, 0.1) is 34.5 Å². The van der Waals surface area contributed by atoms with E-state index in [1.54, 1.807) is 0 Å². The highest BCUT2D eigenvalue weighted by molar-refractivity contribution is 5.91. The predicted molar refractivity (Wildman–Crippen MR) is 88.7 cm³/mol. The molecular formula is C20H30O3. The summed E-state index contributed by atoms with van der Waals surface area (Å²) in [6, 6.07) is 0. The standard InChI is InChI=1S/C20H30O3/c1-18-8-6-13(21)10-12(18)4-5-14-15(18)7-9-19(2)16(14)11-17(22)20(19,3)23/h6,8,12,14-17,22-23H,4-5,7,9-11H2,1-3H3/t12-,14-,15+,16+,17-,18+,19+,20+/m1/s1. The van der Waals surface area contributed by atoms with E-state index in [2.05, 4.69) is 19.9 Å². The maximum Gasteiger partial charge on any atom is 0.155 e. The summed E-state index contributed by atoms with van der Waals surface area (Å²) in [5.74, 6) is 2.32. The van der Waals surface area contributed by atoms with Gasteiger partial charge in [-0.15, -0.1) is 0 Å². The van der Waals surface area contributed by atoms with Crippen LogP contribution in [0.2, 0.25) is 0 Å². The van der Waals surface area contributed by atoms with Gasteiger partial charge in [0.2, 0.25) is 0 Å². The molecule has 4 aliphatic rings. The van der Waals surface area contributed by atoms with Crippen LogP contribution in [0.1, 0.15) is 59.3 Å². The molecule has 3 nitrogen and oxygen atoms in total. The first-order chi connectivity index (χ1) is 10.7. The van der Waals surface area contributed by atoms with Crippen LogP contribution in [0.25, 0.3) is 0 Å². The Kier molecular flexibility index (Phi) is 3.23. The van der Waals surface area contributed by atoms with Gasteiger partial charge in [-0.25, -0.2) is 0 Å². The minimum Gasteiger partial charge on any atom is -0.390 e. The molecule has 0 amide bonds. The van der Waals surface area contributed by atoms with Crippen LogP contribution in [0.3, 0.4) is 0 Å². The van der Waals surface area contributed by atoms with E-state index in [4.69, 9.17) is 0 Å². The number of aliphatic hydroxyl groups excluding tert-OH is 1. The summed E-state index contributed by atoms with van der Waals surface area (Å²) in [4.78, 5) is 11.8. The predicted octanol–water partition coefficient (Wildman–Crippen LogP) is 3.10. The van der Waals surface area contributed by atoms with E-state index in [9.17, 15) is 15.0 Å². The van der Waals surface area contributed by atoms with Crippen molar-refractivity contribution >= 4 is 5.78 Å². The lowest BCUT2D eigenvalue weighted by molar-refractivity contribution is -0.151. The first kappa shape index (κ1) is 15.8. The minimum atomic E-state index is -0.973. The molecule has 0 heterocycles. The van der Waals surface area contributed by atoms with Crippen molar-refractivity contribution in [1.29, 1.82) is 0 Å². The molecule has 3 saturated carbocycles. The zero-order valence-electron chi connectivity index (χ0n) is 14.6. The summed E-state index contributed by atoms with van der Waals surface area (Å²) in [5.41, 5.74) is -1.03. The van der Waals surface area contributed by atoms with Crippen LogP contribution < -0.4 is 0 Å². The average molecular weight is 318 g/mol. The van der Waals surface area contributed by atoms with Crippen molar-refractivity contribution in [2.75, 3.05) is 0 Å². The topological polar surface area (TPSA) is 57.5 Å². The van der Waals surface area contributed by atoms with Crippen molar-refractivity contribution in [3.63, 3.8) is 0 Å². The molecule has 2 N–H and O–H groups in total. The van der Waals surface area contributed by atoms with Gasteiger partial charge in [-0.1, -0.05) is 19.9 Å². The Morgan fingerprint density at radius 2 is 1.87 bits per heavy atom. The van der Waals surface area contributed by atoms with E-state index in [-0.39, 0.29) is 16.6 Å². The Hall–Kier alpha value is -0.670. The van der Waals surface area contributed by atoms with E-state index >= 15 is 0 Å². The Bertz CT molecular complexity index is 565. The average Bonchev–Trinajstić information content (AvgIpc) is 2.67. The fourth-order valence-corrected chi connectivity index (χ4v) is 6.87. The quantitative estimate of drug-likeness (QED) is 0.721. The molecule has 4 aliphatic carbocycles. The second kappa shape index (κ2) is 4.70. The van der Waals surface area contributed by atoms with Gasteiger partial charge in [0, 0.05) is 11.8 Å². The molecule has 3 heteroatoms. The second-order valence-corrected chi connectivity index (χ2v) is 9.38. The number of carbonyl (C=O) groups is 1. The molecule has 8 atom stereocenters. The van der Waals surface area contributed by atoms with Crippen LogP contribution in [0.15, 0.2) is 12.2 Å². The van der Waals surface area contributed by atoms with Gasteiger partial charge in [-0.2, -0.15) is 0 Å². The van der Waals surface area contributed by atoms with Crippen molar-refractivity contribution in [3.8, 4) is 0 Å². The maximum absolute atomic E-state index is 11.8. The van der Waals surface area contributed by atoms with Gasteiger partial charge in [0.25, 0.3) is 0 Å². The summed E-state index contributed by atoms with van der Waals surface area (Å²) < 4.78 is 0. The molecule has 0 unspecified atom stereocenters. The number of fused-ring (bicyclic) bond motifs is 5. The Morgan fingerprint density at radius 3 is 2.61 bits per heavy atom. The summed E-state index contributed by atoms with van der Waals surface area (Å²) >= 11 is 0. The van der Waals surface area contributed by atoms with Crippen LogP contribution in [0.5, 0.6) is 0 Å². The Balaban J connectivity index is 1.70. The molecule has 128 valence electrons. The summed E-state index contributed by atoms with van der Waals surface area (Å²) in [5, 5.41) is 21.4. The van der Waals surface area contributed by atoms with Gasteiger partial charge in [-0.05, 0) is 74.2 Å². The number of hydrogen-bond donors (Lipinski definition) is 2. The monoisotopic (exact) mass is 318 g/mol. The van der Waals surface area contributed by atoms with Gasteiger partial charge in [-0.3, -0.25) is 4.79 Å². The van der Waals surface area contributed by atoms with Gasteiger partial charge >= 0.3 is 0 Å². The van der Waals surface area contributed by atoms with E-state index in [1.807, 2.05) is 13.0 Å². The number of carbonyl (C=O) groups excluding carboxylic acids is 1. The molecule has 0 aromatic carbocycles. The highest BCUT2D eigenvalue weighted by Crippen LogP contribution is 2.67. The van der Waals surface area contributed by atoms with Crippen LogP contribution in [-0.2, 0) is 4.79 Å². The fraction of sp³-hybridized carbons (Fsp3) is 0.850. The molecule has 0 aromatic rings. The van der Waals surface area contributed by atoms with Gasteiger partial charge < -0.3 is 10.2 Å².